The number of ether oxygens (including phenoxy) is 1. The zero-order chi connectivity index (χ0) is 19.3. The standard InChI is InChI=1S/C17H19Cl3N2O4/c1-10(17(25)21-16-12(19)7-11(18)8-13(16)20)26-15(24)9-22-6-4-2-3-5-14(22)23/h7-8,10H,2-6,9H2,1H3,(H,21,25). The van der Waals surface area contributed by atoms with Crippen molar-refractivity contribution in [1.82, 2.24) is 4.90 Å². The highest BCUT2D eigenvalue weighted by atomic mass is 35.5. The molecule has 1 heterocycles. The molecule has 26 heavy (non-hydrogen) atoms. The van der Waals surface area contributed by atoms with Crippen molar-refractivity contribution < 1.29 is 19.1 Å². The zero-order valence-electron chi connectivity index (χ0n) is 14.2. The molecule has 1 aliphatic heterocycles. The summed E-state index contributed by atoms with van der Waals surface area (Å²) < 4.78 is 5.12. The highest BCUT2D eigenvalue weighted by Gasteiger charge is 2.24. The van der Waals surface area contributed by atoms with Crippen LogP contribution in [0.15, 0.2) is 12.1 Å². The molecule has 1 aromatic carbocycles. The summed E-state index contributed by atoms with van der Waals surface area (Å²) in [5, 5.41) is 3.19. The third kappa shape index (κ3) is 5.76. The van der Waals surface area contributed by atoms with Gasteiger partial charge in [0.1, 0.15) is 6.54 Å². The first-order valence-electron chi connectivity index (χ1n) is 8.20. The normalized spacial score (nSPS) is 16.0. The average Bonchev–Trinajstić information content (AvgIpc) is 2.75. The molecule has 1 N–H and O–H groups in total. The van der Waals surface area contributed by atoms with Crippen LogP contribution < -0.4 is 5.32 Å². The quantitative estimate of drug-likeness (QED) is 0.731. The number of anilines is 1. The number of carbonyl (C=O) groups excluding carboxylic acids is 3. The predicted molar refractivity (Wildman–Crippen MR) is 101 cm³/mol. The molecule has 1 atom stereocenters. The van der Waals surface area contributed by atoms with Crippen LogP contribution in [-0.4, -0.2) is 41.9 Å². The smallest absolute Gasteiger partial charge is 0.326 e. The van der Waals surface area contributed by atoms with Crippen LogP contribution in [0.2, 0.25) is 15.1 Å². The van der Waals surface area contributed by atoms with Gasteiger partial charge in [-0.2, -0.15) is 0 Å². The second kappa shape index (κ2) is 9.44. The summed E-state index contributed by atoms with van der Waals surface area (Å²) in [6.45, 7) is 1.78. The number of nitrogens with zero attached hydrogens (tertiary/aromatic N) is 1. The average molecular weight is 422 g/mol. The van der Waals surface area contributed by atoms with E-state index in [-0.39, 0.29) is 28.2 Å². The molecule has 2 rings (SSSR count). The topological polar surface area (TPSA) is 75.7 Å². The Bertz CT molecular complexity index is 688. The number of benzene rings is 1. The number of nitrogens with one attached hydrogen (secondary N) is 1. The maximum Gasteiger partial charge on any atom is 0.326 e. The van der Waals surface area contributed by atoms with E-state index < -0.39 is 18.0 Å². The Balaban J connectivity index is 1.92. The van der Waals surface area contributed by atoms with Crippen molar-refractivity contribution in [3.63, 3.8) is 0 Å². The van der Waals surface area contributed by atoms with Crippen LogP contribution in [0.4, 0.5) is 5.69 Å². The van der Waals surface area contributed by atoms with E-state index in [4.69, 9.17) is 39.5 Å². The Morgan fingerprint density at radius 1 is 1.19 bits per heavy atom. The number of hydrogen-bond donors (Lipinski definition) is 1. The molecule has 1 aromatic rings. The Morgan fingerprint density at radius 2 is 1.85 bits per heavy atom. The van der Waals surface area contributed by atoms with Crippen LogP contribution in [0, 0.1) is 0 Å². The second-order valence-corrected chi connectivity index (χ2v) is 7.24. The Labute approximate surface area is 166 Å². The van der Waals surface area contributed by atoms with Crippen molar-refractivity contribution >= 4 is 58.3 Å². The van der Waals surface area contributed by atoms with Gasteiger partial charge in [-0.3, -0.25) is 14.4 Å². The van der Waals surface area contributed by atoms with E-state index in [9.17, 15) is 14.4 Å². The van der Waals surface area contributed by atoms with E-state index in [0.717, 1.165) is 19.3 Å². The Morgan fingerprint density at radius 3 is 2.50 bits per heavy atom. The van der Waals surface area contributed by atoms with Gasteiger partial charge in [-0.25, -0.2) is 0 Å². The zero-order valence-corrected chi connectivity index (χ0v) is 16.5. The van der Waals surface area contributed by atoms with Gasteiger partial charge in [-0.15, -0.1) is 0 Å². The van der Waals surface area contributed by atoms with Gasteiger partial charge in [-0.05, 0) is 31.9 Å². The Kier molecular flexibility index (Phi) is 7.55. The first-order valence-corrected chi connectivity index (χ1v) is 9.34. The second-order valence-electron chi connectivity index (χ2n) is 5.99. The van der Waals surface area contributed by atoms with E-state index in [0.29, 0.717) is 18.0 Å². The summed E-state index contributed by atoms with van der Waals surface area (Å²) in [4.78, 5) is 37.7. The molecular formula is C17H19Cl3N2O4. The minimum atomic E-state index is -1.08. The molecule has 0 aromatic heterocycles. The van der Waals surface area contributed by atoms with Crippen LogP contribution >= 0.6 is 34.8 Å². The van der Waals surface area contributed by atoms with Crippen LogP contribution in [-0.2, 0) is 19.1 Å². The monoisotopic (exact) mass is 420 g/mol. The fourth-order valence-corrected chi connectivity index (χ4v) is 3.45. The molecular weight excluding hydrogens is 403 g/mol. The highest BCUT2D eigenvalue weighted by molar-refractivity contribution is 6.42. The Hall–Kier alpha value is -1.50. The first-order chi connectivity index (χ1) is 12.3. The fourth-order valence-electron chi connectivity index (χ4n) is 2.54. The molecule has 0 saturated carbocycles. The maximum atomic E-state index is 12.2. The van der Waals surface area contributed by atoms with Crippen LogP contribution in [0.1, 0.15) is 32.6 Å². The summed E-state index contributed by atoms with van der Waals surface area (Å²) in [5.41, 5.74) is 0.188. The van der Waals surface area contributed by atoms with E-state index in [1.165, 1.54) is 24.0 Å². The van der Waals surface area contributed by atoms with Gasteiger partial charge in [0.2, 0.25) is 5.91 Å². The molecule has 1 saturated heterocycles. The molecule has 0 spiro atoms. The number of esters is 1. The largest absolute Gasteiger partial charge is 0.451 e. The van der Waals surface area contributed by atoms with Crippen molar-refractivity contribution in [2.24, 2.45) is 0 Å². The van der Waals surface area contributed by atoms with E-state index in [1.54, 1.807) is 0 Å². The molecule has 0 aliphatic carbocycles. The minimum Gasteiger partial charge on any atom is -0.451 e. The van der Waals surface area contributed by atoms with E-state index in [2.05, 4.69) is 5.32 Å². The molecule has 0 radical (unpaired) electrons. The number of carbonyl (C=O) groups is 3. The molecule has 0 bridgehead atoms. The predicted octanol–water partition coefficient (Wildman–Crippen LogP) is 3.92. The van der Waals surface area contributed by atoms with Gasteiger partial charge in [0.05, 0.1) is 15.7 Å². The summed E-state index contributed by atoms with van der Waals surface area (Å²) in [7, 11) is 0. The summed E-state index contributed by atoms with van der Waals surface area (Å²) >= 11 is 17.9. The number of rotatable bonds is 5. The lowest BCUT2D eigenvalue weighted by Crippen LogP contribution is -2.38. The van der Waals surface area contributed by atoms with Gasteiger partial charge >= 0.3 is 5.97 Å². The van der Waals surface area contributed by atoms with Crippen molar-refractivity contribution in [3.8, 4) is 0 Å². The molecule has 1 aliphatic rings. The summed E-state index contributed by atoms with van der Waals surface area (Å²) in [6.07, 6.45) is 1.98. The van der Waals surface area contributed by atoms with Crippen molar-refractivity contribution in [1.29, 1.82) is 0 Å². The lowest BCUT2D eigenvalue weighted by Gasteiger charge is -2.21. The van der Waals surface area contributed by atoms with Crippen LogP contribution in [0.3, 0.4) is 0 Å². The van der Waals surface area contributed by atoms with Gasteiger partial charge in [0.15, 0.2) is 6.10 Å². The van der Waals surface area contributed by atoms with Gasteiger partial charge in [-0.1, -0.05) is 41.2 Å². The molecule has 1 unspecified atom stereocenters. The number of amides is 2. The number of hydrogen-bond acceptors (Lipinski definition) is 4. The molecule has 1 fully saturated rings. The van der Waals surface area contributed by atoms with Gasteiger partial charge in [0, 0.05) is 18.0 Å². The maximum absolute atomic E-state index is 12.2. The summed E-state index contributed by atoms with van der Waals surface area (Å²) in [6, 6.07) is 2.87. The SMILES string of the molecule is CC(OC(=O)CN1CCCCCC1=O)C(=O)Nc1c(Cl)cc(Cl)cc1Cl. The van der Waals surface area contributed by atoms with E-state index in [1.807, 2.05) is 0 Å². The molecule has 9 heteroatoms. The first kappa shape index (κ1) is 20.8. The fraction of sp³-hybridized carbons (Fsp3) is 0.471. The molecule has 142 valence electrons. The van der Waals surface area contributed by atoms with Crippen LogP contribution in [0.5, 0.6) is 0 Å². The molecule has 6 nitrogen and oxygen atoms in total. The van der Waals surface area contributed by atoms with Crippen LogP contribution in [0.25, 0.3) is 0 Å². The van der Waals surface area contributed by atoms with Gasteiger partial charge in [0.25, 0.3) is 5.91 Å². The van der Waals surface area contributed by atoms with Crippen molar-refractivity contribution in [2.75, 3.05) is 18.4 Å². The van der Waals surface area contributed by atoms with Crippen molar-refractivity contribution in [3.05, 3.63) is 27.2 Å². The minimum absolute atomic E-state index is 0.0729. The highest BCUT2D eigenvalue weighted by Crippen LogP contribution is 2.33. The number of likely N-dealkylation sites (tertiary alicyclic amines) is 1. The summed E-state index contributed by atoms with van der Waals surface area (Å²) in [5.74, 6) is -1.31. The lowest BCUT2D eigenvalue weighted by atomic mass is 10.2. The van der Waals surface area contributed by atoms with E-state index >= 15 is 0 Å². The third-order valence-corrected chi connectivity index (χ3v) is 4.74. The van der Waals surface area contributed by atoms with Crippen molar-refractivity contribution in [2.45, 2.75) is 38.7 Å². The van der Waals surface area contributed by atoms with Gasteiger partial charge < -0.3 is 15.0 Å². The molecule has 2 amide bonds. The number of halogens is 3. The lowest BCUT2D eigenvalue weighted by molar-refractivity contribution is -0.156. The third-order valence-electron chi connectivity index (χ3n) is 3.92.